The fraction of sp³-hybridized carbons (Fsp3) is 0.500. The first-order valence-electron chi connectivity index (χ1n) is 6.41. The molecule has 2 nitrogen and oxygen atoms in total. The van der Waals surface area contributed by atoms with Crippen molar-refractivity contribution < 1.29 is 0 Å². The summed E-state index contributed by atoms with van der Waals surface area (Å²) < 4.78 is 2.32. The lowest BCUT2D eigenvalue weighted by molar-refractivity contribution is 0.494. The van der Waals surface area contributed by atoms with Crippen molar-refractivity contribution in [3.05, 3.63) is 29.0 Å². The van der Waals surface area contributed by atoms with Crippen molar-refractivity contribution in [1.29, 1.82) is 0 Å². The summed E-state index contributed by atoms with van der Waals surface area (Å²) in [6.45, 7) is 2.32. The standard InChI is InChI=1S/C14H16Cl2N2/c1-9-2-4-11(6-9)18-13-5-3-10(16)7-12(13)17-14(18)8-15/h3,5,7,9,11H,2,4,6,8H2,1H3. The van der Waals surface area contributed by atoms with Crippen LogP contribution in [0.3, 0.4) is 0 Å². The first-order chi connectivity index (χ1) is 8.69. The lowest BCUT2D eigenvalue weighted by Gasteiger charge is -2.15. The van der Waals surface area contributed by atoms with Crippen molar-refractivity contribution >= 4 is 34.2 Å². The Labute approximate surface area is 117 Å². The van der Waals surface area contributed by atoms with E-state index in [4.69, 9.17) is 23.2 Å². The van der Waals surface area contributed by atoms with E-state index in [1.165, 1.54) is 19.3 Å². The molecule has 1 aliphatic carbocycles. The molecule has 2 unspecified atom stereocenters. The molecule has 96 valence electrons. The van der Waals surface area contributed by atoms with E-state index >= 15 is 0 Å². The predicted octanol–water partition coefficient (Wildman–Crippen LogP) is 4.79. The predicted molar refractivity (Wildman–Crippen MR) is 76.4 cm³/mol. The second-order valence-electron chi connectivity index (χ2n) is 5.24. The van der Waals surface area contributed by atoms with Crippen LogP contribution in [0.4, 0.5) is 0 Å². The lowest BCUT2D eigenvalue weighted by atomic mass is 10.1. The highest BCUT2D eigenvalue weighted by Crippen LogP contribution is 2.37. The summed E-state index contributed by atoms with van der Waals surface area (Å²) in [7, 11) is 0. The first-order valence-corrected chi connectivity index (χ1v) is 7.32. The van der Waals surface area contributed by atoms with Crippen LogP contribution in [0, 0.1) is 5.92 Å². The SMILES string of the molecule is CC1CCC(n2c(CCl)nc3cc(Cl)ccc32)C1. The third-order valence-corrected chi connectivity index (χ3v) is 4.35. The van der Waals surface area contributed by atoms with Crippen LogP contribution in [0.15, 0.2) is 18.2 Å². The quantitative estimate of drug-likeness (QED) is 0.724. The van der Waals surface area contributed by atoms with Crippen LogP contribution in [-0.4, -0.2) is 9.55 Å². The fourth-order valence-electron chi connectivity index (χ4n) is 3.04. The Morgan fingerprint density at radius 3 is 2.89 bits per heavy atom. The van der Waals surface area contributed by atoms with Gasteiger partial charge in [-0.3, -0.25) is 0 Å². The Hall–Kier alpha value is -0.730. The van der Waals surface area contributed by atoms with Gasteiger partial charge in [-0.2, -0.15) is 0 Å². The monoisotopic (exact) mass is 282 g/mol. The molecule has 18 heavy (non-hydrogen) atoms. The largest absolute Gasteiger partial charge is 0.324 e. The van der Waals surface area contributed by atoms with Crippen LogP contribution in [0.25, 0.3) is 11.0 Å². The van der Waals surface area contributed by atoms with Gasteiger partial charge in [-0.25, -0.2) is 4.98 Å². The number of benzene rings is 1. The van der Waals surface area contributed by atoms with E-state index in [1.807, 2.05) is 12.1 Å². The van der Waals surface area contributed by atoms with Crippen molar-refractivity contribution in [2.24, 2.45) is 5.92 Å². The fourth-order valence-corrected chi connectivity index (χ4v) is 3.39. The maximum Gasteiger partial charge on any atom is 0.125 e. The average Bonchev–Trinajstić information content (AvgIpc) is 2.91. The molecule has 1 saturated carbocycles. The molecule has 1 aliphatic rings. The number of halogens is 2. The van der Waals surface area contributed by atoms with Gasteiger partial charge >= 0.3 is 0 Å². The topological polar surface area (TPSA) is 17.8 Å². The van der Waals surface area contributed by atoms with Crippen LogP contribution in [0.5, 0.6) is 0 Å². The highest BCUT2D eigenvalue weighted by atomic mass is 35.5. The van der Waals surface area contributed by atoms with E-state index in [9.17, 15) is 0 Å². The van der Waals surface area contributed by atoms with Gasteiger partial charge in [0.05, 0.1) is 16.9 Å². The summed E-state index contributed by atoms with van der Waals surface area (Å²) >= 11 is 12.1. The molecule has 0 spiro atoms. The summed E-state index contributed by atoms with van der Waals surface area (Å²) in [5, 5.41) is 0.730. The van der Waals surface area contributed by atoms with Crippen LogP contribution in [0.1, 0.15) is 38.1 Å². The summed E-state index contributed by atoms with van der Waals surface area (Å²) in [5.41, 5.74) is 2.12. The molecular weight excluding hydrogens is 267 g/mol. The van der Waals surface area contributed by atoms with E-state index in [2.05, 4.69) is 22.5 Å². The zero-order valence-corrected chi connectivity index (χ0v) is 11.9. The highest BCUT2D eigenvalue weighted by Gasteiger charge is 2.26. The van der Waals surface area contributed by atoms with Crippen LogP contribution < -0.4 is 0 Å². The molecule has 0 N–H and O–H groups in total. The summed E-state index contributed by atoms with van der Waals surface area (Å²) in [6, 6.07) is 6.45. The highest BCUT2D eigenvalue weighted by molar-refractivity contribution is 6.31. The second kappa shape index (κ2) is 4.75. The second-order valence-corrected chi connectivity index (χ2v) is 5.94. The zero-order chi connectivity index (χ0) is 12.7. The van der Waals surface area contributed by atoms with E-state index in [-0.39, 0.29) is 0 Å². The number of imidazole rings is 1. The number of aromatic nitrogens is 2. The average molecular weight is 283 g/mol. The van der Waals surface area contributed by atoms with Gasteiger partial charge in [0.25, 0.3) is 0 Å². The van der Waals surface area contributed by atoms with Crippen molar-refractivity contribution in [3.63, 3.8) is 0 Å². The number of rotatable bonds is 2. The number of hydrogen-bond acceptors (Lipinski definition) is 1. The molecule has 0 radical (unpaired) electrons. The van der Waals surface area contributed by atoms with Crippen LogP contribution >= 0.6 is 23.2 Å². The van der Waals surface area contributed by atoms with Gasteiger partial charge in [0, 0.05) is 11.1 Å². The molecule has 1 fully saturated rings. The molecule has 0 amide bonds. The Balaban J connectivity index is 2.13. The minimum atomic E-state index is 0.456. The van der Waals surface area contributed by atoms with Gasteiger partial charge < -0.3 is 4.57 Å². The molecule has 1 aromatic heterocycles. The van der Waals surface area contributed by atoms with Gasteiger partial charge in [0.2, 0.25) is 0 Å². The molecule has 0 aliphatic heterocycles. The van der Waals surface area contributed by atoms with Crippen molar-refractivity contribution in [2.45, 2.75) is 38.1 Å². The van der Waals surface area contributed by atoms with E-state index in [0.717, 1.165) is 27.8 Å². The Bertz CT molecular complexity index is 576. The van der Waals surface area contributed by atoms with Crippen LogP contribution in [-0.2, 0) is 5.88 Å². The Kier molecular flexibility index (Phi) is 3.25. The first kappa shape index (κ1) is 12.3. The minimum Gasteiger partial charge on any atom is -0.324 e. The molecule has 2 atom stereocenters. The third-order valence-electron chi connectivity index (χ3n) is 3.88. The molecule has 1 heterocycles. The van der Waals surface area contributed by atoms with E-state index in [0.29, 0.717) is 11.9 Å². The molecule has 0 saturated heterocycles. The molecule has 2 aromatic rings. The zero-order valence-electron chi connectivity index (χ0n) is 10.4. The Morgan fingerprint density at radius 1 is 1.39 bits per heavy atom. The van der Waals surface area contributed by atoms with E-state index in [1.54, 1.807) is 0 Å². The van der Waals surface area contributed by atoms with Crippen molar-refractivity contribution in [2.75, 3.05) is 0 Å². The number of alkyl halides is 1. The molecule has 0 bridgehead atoms. The van der Waals surface area contributed by atoms with Crippen molar-refractivity contribution in [3.8, 4) is 0 Å². The van der Waals surface area contributed by atoms with E-state index < -0.39 is 0 Å². The van der Waals surface area contributed by atoms with Crippen molar-refractivity contribution in [1.82, 2.24) is 9.55 Å². The third kappa shape index (κ3) is 2.02. The lowest BCUT2D eigenvalue weighted by Crippen LogP contribution is -2.08. The molecule has 1 aromatic carbocycles. The maximum absolute atomic E-state index is 6.04. The van der Waals surface area contributed by atoms with Gasteiger partial charge in [0.15, 0.2) is 0 Å². The number of hydrogen-bond donors (Lipinski definition) is 0. The minimum absolute atomic E-state index is 0.456. The summed E-state index contributed by atoms with van der Waals surface area (Å²) in [5.74, 6) is 2.22. The molecule has 4 heteroatoms. The van der Waals surface area contributed by atoms with Gasteiger partial charge in [0.1, 0.15) is 5.82 Å². The van der Waals surface area contributed by atoms with Gasteiger partial charge in [-0.05, 0) is 43.4 Å². The normalized spacial score (nSPS) is 23.9. The Morgan fingerprint density at radius 2 is 2.22 bits per heavy atom. The smallest absolute Gasteiger partial charge is 0.125 e. The van der Waals surface area contributed by atoms with Crippen LogP contribution in [0.2, 0.25) is 5.02 Å². The summed E-state index contributed by atoms with van der Waals surface area (Å²) in [6.07, 6.45) is 3.73. The van der Waals surface area contributed by atoms with Gasteiger partial charge in [-0.1, -0.05) is 18.5 Å². The molecule has 3 rings (SSSR count). The maximum atomic E-state index is 6.04. The van der Waals surface area contributed by atoms with Gasteiger partial charge in [-0.15, -0.1) is 11.6 Å². The number of nitrogens with zero attached hydrogens (tertiary/aromatic N) is 2. The molecular formula is C14H16Cl2N2. The summed E-state index contributed by atoms with van der Waals surface area (Å²) in [4.78, 5) is 4.61. The number of fused-ring (bicyclic) bond motifs is 1.